The third-order valence-corrected chi connectivity index (χ3v) is 6.66. The van der Waals surface area contributed by atoms with Gasteiger partial charge in [0.05, 0.1) is 11.6 Å². The van der Waals surface area contributed by atoms with E-state index in [-0.39, 0.29) is 12.2 Å². The zero-order chi connectivity index (χ0) is 27.9. The third-order valence-electron chi connectivity index (χ3n) is 5.80. The van der Waals surface area contributed by atoms with Crippen LogP contribution >= 0.6 is 11.3 Å². The van der Waals surface area contributed by atoms with E-state index >= 15 is 0 Å². The van der Waals surface area contributed by atoms with Crippen LogP contribution in [0, 0.1) is 12.8 Å². The molecule has 0 aliphatic heterocycles. The largest absolute Gasteiger partial charge is 0.481 e. The summed E-state index contributed by atoms with van der Waals surface area (Å²) < 4.78 is 4.90. The van der Waals surface area contributed by atoms with E-state index in [9.17, 15) is 14.7 Å². The summed E-state index contributed by atoms with van der Waals surface area (Å²) in [6.07, 6.45) is 5.55. The minimum Gasteiger partial charge on any atom is -0.481 e. The van der Waals surface area contributed by atoms with Gasteiger partial charge in [-0.05, 0) is 37.0 Å². The topological polar surface area (TPSA) is 88.5 Å². The molecule has 3 rings (SSSR count). The first-order chi connectivity index (χ1) is 18.3. The van der Waals surface area contributed by atoms with E-state index in [1.54, 1.807) is 30.4 Å². The van der Waals surface area contributed by atoms with Crippen molar-refractivity contribution in [2.75, 3.05) is 26.1 Å². The second-order valence-electron chi connectivity index (χ2n) is 8.64. The summed E-state index contributed by atoms with van der Waals surface area (Å²) >= 11 is 1.63. The number of aryl methyl sites for hydroxylation is 1. The Hall–Kier alpha value is -3.81. The predicted octanol–water partition coefficient (Wildman–Crippen LogP) is 7.06. The number of hydrogen-bond acceptors (Lipinski definition) is 6. The van der Waals surface area contributed by atoms with E-state index in [0.717, 1.165) is 22.0 Å². The fraction of sp³-hybridized carbons (Fsp3) is 0.258. The van der Waals surface area contributed by atoms with Gasteiger partial charge in [-0.15, -0.1) is 11.3 Å². The molecule has 2 N–H and O–H groups in total. The summed E-state index contributed by atoms with van der Waals surface area (Å²) in [5, 5.41) is 15.2. The summed E-state index contributed by atoms with van der Waals surface area (Å²) in [7, 11) is 3.40. The van der Waals surface area contributed by atoms with Crippen LogP contribution in [0.15, 0.2) is 90.4 Å². The molecule has 0 saturated carbocycles. The number of carbonyl (C=O) groups excluding carboxylic acids is 1. The molecule has 3 aromatic rings. The molecule has 200 valence electrons. The highest BCUT2D eigenvalue weighted by molar-refractivity contribution is 7.14. The van der Waals surface area contributed by atoms with Crippen LogP contribution in [0.25, 0.3) is 16.8 Å². The Morgan fingerprint density at radius 2 is 1.82 bits per heavy atom. The first-order valence-corrected chi connectivity index (χ1v) is 13.2. The number of allylic oxidation sites excluding steroid dienone is 5. The zero-order valence-electron chi connectivity index (χ0n) is 22.4. The molecular weight excluding hydrogens is 496 g/mol. The number of carboxylic acid groups (broad SMARTS) is 1. The van der Waals surface area contributed by atoms with Crippen LogP contribution in [0.1, 0.15) is 30.9 Å². The molecule has 0 amide bonds. The number of aromatic nitrogens is 1. The Morgan fingerprint density at radius 1 is 1.13 bits per heavy atom. The van der Waals surface area contributed by atoms with Gasteiger partial charge in [0.1, 0.15) is 0 Å². The zero-order valence-corrected chi connectivity index (χ0v) is 23.3. The molecule has 0 aliphatic rings. The average Bonchev–Trinajstić information content (AvgIpc) is 3.42. The average molecular weight is 533 g/mol. The standard InChI is InChI=1S/C20H24O4.C11H12N2S/c1-4-16(17-8-6-5-7-9-17)11-10-15(2)19(21)14-18(20(22)23)12-13-24-3;1-8-3-5-9(6-4-8)10-7-14-11(12-2)13-10/h4-11,18H,1,12-14H2,2-3H3,(H,22,23);3-7H,1-2H3,(H,12,13)/b15-10+,16-11+;. The van der Waals surface area contributed by atoms with Crippen LogP contribution in [-0.2, 0) is 14.3 Å². The lowest BCUT2D eigenvalue weighted by atomic mass is 9.95. The first-order valence-electron chi connectivity index (χ1n) is 12.3. The van der Waals surface area contributed by atoms with E-state index in [2.05, 4.69) is 53.4 Å². The Kier molecular flexibility index (Phi) is 12.9. The second-order valence-corrected chi connectivity index (χ2v) is 9.50. The molecule has 1 heterocycles. The maximum absolute atomic E-state index is 12.2. The fourth-order valence-electron chi connectivity index (χ4n) is 3.42. The number of aliphatic carboxylic acids is 1. The van der Waals surface area contributed by atoms with Gasteiger partial charge in [0, 0.05) is 38.1 Å². The molecule has 0 radical (unpaired) electrons. The number of nitrogens with one attached hydrogen (secondary N) is 1. The van der Waals surface area contributed by atoms with Crippen molar-refractivity contribution < 1.29 is 19.4 Å². The van der Waals surface area contributed by atoms with Crippen molar-refractivity contribution in [1.82, 2.24) is 4.98 Å². The number of carbonyl (C=O) groups is 2. The van der Waals surface area contributed by atoms with Crippen LogP contribution in [0.5, 0.6) is 0 Å². The lowest BCUT2D eigenvalue weighted by Gasteiger charge is -2.11. The number of benzene rings is 2. The molecular formula is C31H36N2O4S. The monoisotopic (exact) mass is 532 g/mol. The van der Waals surface area contributed by atoms with E-state index < -0.39 is 11.9 Å². The summed E-state index contributed by atoms with van der Waals surface area (Å²) in [5.74, 6) is -1.87. The molecule has 1 unspecified atom stereocenters. The van der Waals surface area contributed by atoms with Crippen molar-refractivity contribution >= 4 is 33.8 Å². The van der Waals surface area contributed by atoms with Gasteiger partial charge in [-0.3, -0.25) is 9.59 Å². The molecule has 0 saturated heterocycles. The molecule has 0 aliphatic carbocycles. The number of hydrogen-bond donors (Lipinski definition) is 2. The number of carboxylic acids is 1. The van der Waals surface area contributed by atoms with Crippen LogP contribution < -0.4 is 5.32 Å². The summed E-state index contributed by atoms with van der Waals surface area (Å²) in [4.78, 5) is 27.9. The van der Waals surface area contributed by atoms with Gasteiger partial charge >= 0.3 is 5.97 Å². The predicted molar refractivity (Wildman–Crippen MR) is 157 cm³/mol. The number of ketones is 1. The fourth-order valence-corrected chi connectivity index (χ4v) is 4.10. The first kappa shape index (κ1) is 30.4. The lowest BCUT2D eigenvalue weighted by Crippen LogP contribution is -2.20. The van der Waals surface area contributed by atoms with Crippen molar-refractivity contribution in [3.63, 3.8) is 0 Å². The smallest absolute Gasteiger partial charge is 0.307 e. The van der Waals surface area contributed by atoms with Crippen molar-refractivity contribution in [3.8, 4) is 11.3 Å². The van der Waals surface area contributed by atoms with Crippen molar-refractivity contribution in [2.24, 2.45) is 5.92 Å². The third kappa shape index (κ3) is 9.92. The molecule has 38 heavy (non-hydrogen) atoms. The number of thiazole rings is 1. The van der Waals surface area contributed by atoms with E-state index in [0.29, 0.717) is 18.6 Å². The highest BCUT2D eigenvalue weighted by Gasteiger charge is 2.21. The number of ether oxygens (including phenoxy) is 1. The van der Waals surface area contributed by atoms with Crippen LogP contribution in [0.2, 0.25) is 0 Å². The Morgan fingerprint density at radius 3 is 2.37 bits per heavy atom. The molecule has 2 aromatic carbocycles. The highest BCUT2D eigenvalue weighted by atomic mass is 32.1. The molecule has 0 bridgehead atoms. The second kappa shape index (κ2) is 16.1. The maximum Gasteiger partial charge on any atom is 0.307 e. The van der Waals surface area contributed by atoms with Gasteiger partial charge in [-0.2, -0.15) is 0 Å². The van der Waals surface area contributed by atoms with Crippen molar-refractivity contribution in [2.45, 2.75) is 26.7 Å². The number of methoxy groups -OCH3 is 1. The Balaban J connectivity index is 0.000000304. The van der Waals surface area contributed by atoms with Gasteiger partial charge < -0.3 is 15.2 Å². The number of Topliss-reactive ketones (excluding diaryl/α,β-unsaturated/α-hetero) is 1. The van der Waals surface area contributed by atoms with E-state index in [1.165, 1.54) is 18.2 Å². The van der Waals surface area contributed by atoms with Crippen LogP contribution in [-0.4, -0.2) is 42.6 Å². The summed E-state index contributed by atoms with van der Waals surface area (Å²) in [6, 6.07) is 18.1. The van der Waals surface area contributed by atoms with Gasteiger partial charge in [0.2, 0.25) is 0 Å². The van der Waals surface area contributed by atoms with Crippen LogP contribution in [0.3, 0.4) is 0 Å². The molecule has 7 heteroatoms. The summed E-state index contributed by atoms with van der Waals surface area (Å²) in [6.45, 7) is 7.89. The minimum absolute atomic E-state index is 0.0242. The van der Waals surface area contributed by atoms with Gasteiger partial charge in [0.15, 0.2) is 10.9 Å². The molecule has 1 atom stereocenters. The number of nitrogens with zero attached hydrogens (tertiary/aromatic N) is 1. The van der Waals surface area contributed by atoms with E-state index in [4.69, 9.17) is 4.74 Å². The lowest BCUT2D eigenvalue weighted by molar-refractivity contribution is -0.144. The molecule has 0 spiro atoms. The molecule has 1 aromatic heterocycles. The van der Waals surface area contributed by atoms with E-state index in [1.807, 2.05) is 43.5 Å². The number of anilines is 1. The Labute approximate surface area is 229 Å². The SMILES string of the molecule is C=C/C(=C\C=C(/C)C(=O)CC(CCOC)C(=O)O)c1ccccc1.CNc1nc(-c2ccc(C)cc2)cs1. The molecule has 0 fully saturated rings. The quantitative estimate of drug-likeness (QED) is 0.192. The van der Waals surface area contributed by atoms with Gasteiger partial charge in [-0.1, -0.05) is 85.0 Å². The van der Waals surface area contributed by atoms with Gasteiger partial charge in [0.25, 0.3) is 0 Å². The van der Waals surface area contributed by atoms with Crippen molar-refractivity contribution in [1.29, 1.82) is 0 Å². The molecule has 6 nitrogen and oxygen atoms in total. The maximum atomic E-state index is 12.2. The summed E-state index contributed by atoms with van der Waals surface area (Å²) in [5.41, 5.74) is 5.92. The minimum atomic E-state index is -0.972. The Bertz CT molecular complexity index is 1240. The highest BCUT2D eigenvalue weighted by Crippen LogP contribution is 2.24. The van der Waals surface area contributed by atoms with Crippen molar-refractivity contribution in [3.05, 3.63) is 101 Å². The van der Waals surface area contributed by atoms with Gasteiger partial charge in [-0.25, -0.2) is 4.98 Å². The normalized spacial score (nSPS) is 12.2. The van der Waals surface area contributed by atoms with Crippen LogP contribution in [0.4, 0.5) is 5.13 Å². The number of rotatable bonds is 12.